The predicted molar refractivity (Wildman–Crippen MR) is 124 cm³/mol. The Labute approximate surface area is 187 Å². The molecule has 0 bridgehead atoms. The van der Waals surface area contributed by atoms with Crippen LogP contribution in [0.15, 0.2) is 79.4 Å². The van der Waals surface area contributed by atoms with E-state index in [1.54, 1.807) is 18.6 Å². The van der Waals surface area contributed by atoms with Crippen LogP contribution in [0.5, 0.6) is 5.75 Å². The van der Waals surface area contributed by atoms with E-state index in [9.17, 15) is 4.79 Å². The van der Waals surface area contributed by atoms with E-state index in [4.69, 9.17) is 4.74 Å². The molecule has 2 heterocycles. The van der Waals surface area contributed by atoms with Gasteiger partial charge in [0.05, 0.1) is 5.69 Å². The molecule has 0 saturated heterocycles. The van der Waals surface area contributed by atoms with Gasteiger partial charge in [-0.2, -0.15) is 5.10 Å². The van der Waals surface area contributed by atoms with Crippen molar-refractivity contribution in [1.29, 1.82) is 0 Å². The Balaban J connectivity index is 1.32. The molecule has 0 atom stereocenters. The largest absolute Gasteiger partial charge is 0.488 e. The number of carbonyl (C=O) groups is 1. The Bertz CT molecular complexity index is 1150. The normalized spacial score (nSPS) is 10.7. The summed E-state index contributed by atoms with van der Waals surface area (Å²) in [5.74, 6) is 0.728. The molecule has 0 spiro atoms. The van der Waals surface area contributed by atoms with Gasteiger partial charge < -0.3 is 10.1 Å². The van der Waals surface area contributed by atoms with Crippen molar-refractivity contribution in [3.8, 4) is 11.4 Å². The number of pyridine rings is 1. The molecule has 0 aliphatic rings. The molecule has 0 aliphatic carbocycles. The average Bonchev–Trinajstić information content (AvgIpc) is 3.34. The number of aryl methyl sites for hydroxylation is 2. The van der Waals surface area contributed by atoms with Crippen molar-refractivity contribution in [3.63, 3.8) is 0 Å². The summed E-state index contributed by atoms with van der Waals surface area (Å²) in [5, 5.41) is 7.25. The van der Waals surface area contributed by atoms with Crippen LogP contribution in [0, 0.1) is 13.8 Å². The molecule has 1 N–H and O–H groups in total. The van der Waals surface area contributed by atoms with Crippen molar-refractivity contribution >= 4 is 5.91 Å². The van der Waals surface area contributed by atoms with Gasteiger partial charge in [-0.3, -0.25) is 9.78 Å². The van der Waals surface area contributed by atoms with E-state index in [1.807, 2.05) is 67.2 Å². The van der Waals surface area contributed by atoms with Crippen LogP contribution in [0.25, 0.3) is 5.69 Å². The van der Waals surface area contributed by atoms with Crippen molar-refractivity contribution < 1.29 is 9.53 Å². The summed E-state index contributed by atoms with van der Waals surface area (Å²) in [7, 11) is 0. The zero-order valence-corrected chi connectivity index (χ0v) is 18.3. The zero-order valence-electron chi connectivity index (χ0n) is 18.3. The molecule has 6 nitrogen and oxygen atoms in total. The van der Waals surface area contributed by atoms with Crippen molar-refractivity contribution in [2.75, 3.05) is 6.54 Å². The van der Waals surface area contributed by atoms with Gasteiger partial charge in [0.25, 0.3) is 5.91 Å². The summed E-state index contributed by atoms with van der Waals surface area (Å²) >= 11 is 0. The molecular formula is C26H26N4O2. The second-order valence-corrected chi connectivity index (χ2v) is 7.71. The highest BCUT2D eigenvalue weighted by molar-refractivity contribution is 5.94. The molecular weight excluding hydrogens is 400 g/mol. The molecule has 6 heteroatoms. The van der Waals surface area contributed by atoms with Gasteiger partial charge in [-0.1, -0.05) is 18.2 Å². The van der Waals surface area contributed by atoms with E-state index in [2.05, 4.69) is 27.5 Å². The van der Waals surface area contributed by atoms with Gasteiger partial charge in [0.1, 0.15) is 12.4 Å². The number of nitrogens with zero attached hydrogens (tertiary/aromatic N) is 3. The van der Waals surface area contributed by atoms with E-state index in [0.717, 1.165) is 40.1 Å². The van der Waals surface area contributed by atoms with Crippen LogP contribution in [-0.2, 0) is 13.0 Å². The first kappa shape index (κ1) is 21.3. The van der Waals surface area contributed by atoms with E-state index in [1.165, 1.54) is 0 Å². The van der Waals surface area contributed by atoms with Gasteiger partial charge in [-0.15, -0.1) is 0 Å². The minimum atomic E-state index is -0.0804. The topological polar surface area (TPSA) is 69.0 Å². The third-order valence-electron chi connectivity index (χ3n) is 5.23. The highest BCUT2D eigenvalue weighted by atomic mass is 16.5. The lowest BCUT2D eigenvalue weighted by molar-refractivity contribution is 0.0954. The second kappa shape index (κ2) is 9.92. The molecule has 4 rings (SSSR count). The van der Waals surface area contributed by atoms with E-state index in [-0.39, 0.29) is 5.91 Å². The fraction of sp³-hybridized carbons (Fsp3) is 0.192. The predicted octanol–water partition coefficient (Wildman–Crippen LogP) is 4.44. The number of hydrogen-bond acceptors (Lipinski definition) is 4. The monoisotopic (exact) mass is 426 g/mol. The van der Waals surface area contributed by atoms with Crippen LogP contribution < -0.4 is 10.1 Å². The maximum absolute atomic E-state index is 12.7. The molecule has 0 unspecified atom stereocenters. The summed E-state index contributed by atoms with van der Waals surface area (Å²) < 4.78 is 7.81. The maximum Gasteiger partial charge on any atom is 0.251 e. The first-order valence-electron chi connectivity index (χ1n) is 10.6. The standard InChI is InChI=1S/C26H26N4O2/c1-19-15-23(16-20(2)25(19)32-18-22-5-3-11-27-17-22)26(31)28-13-10-21-6-8-24(9-7-21)30-14-4-12-29-30/h3-9,11-12,14-17H,10,13,18H2,1-2H3,(H,28,31). The number of rotatable bonds is 8. The number of carbonyl (C=O) groups excluding carboxylic acids is 1. The molecule has 0 radical (unpaired) electrons. The van der Waals surface area contributed by atoms with Crippen LogP contribution in [0.2, 0.25) is 0 Å². The zero-order chi connectivity index (χ0) is 22.3. The molecule has 1 amide bonds. The molecule has 162 valence electrons. The Morgan fingerprint density at radius 3 is 2.44 bits per heavy atom. The summed E-state index contributed by atoms with van der Waals surface area (Å²) in [4.78, 5) is 16.8. The third-order valence-corrected chi connectivity index (χ3v) is 5.23. The lowest BCUT2D eigenvalue weighted by Gasteiger charge is -2.14. The number of benzene rings is 2. The number of hydrogen-bond donors (Lipinski definition) is 1. The fourth-order valence-corrected chi connectivity index (χ4v) is 3.61. The van der Waals surface area contributed by atoms with Crippen LogP contribution >= 0.6 is 0 Å². The maximum atomic E-state index is 12.7. The molecule has 0 fully saturated rings. The fourth-order valence-electron chi connectivity index (χ4n) is 3.61. The van der Waals surface area contributed by atoms with Crippen molar-refractivity contribution in [2.45, 2.75) is 26.9 Å². The van der Waals surface area contributed by atoms with Gasteiger partial charge in [0.2, 0.25) is 0 Å². The Kier molecular flexibility index (Phi) is 6.60. The lowest BCUT2D eigenvalue weighted by Crippen LogP contribution is -2.26. The highest BCUT2D eigenvalue weighted by Crippen LogP contribution is 2.26. The molecule has 0 saturated carbocycles. The second-order valence-electron chi connectivity index (χ2n) is 7.71. The molecule has 4 aromatic rings. The summed E-state index contributed by atoms with van der Waals surface area (Å²) in [5.41, 5.74) is 5.70. The first-order valence-corrected chi connectivity index (χ1v) is 10.6. The van der Waals surface area contributed by atoms with E-state index in [0.29, 0.717) is 18.7 Å². The van der Waals surface area contributed by atoms with Crippen LogP contribution in [0.1, 0.15) is 32.6 Å². The van der Waals surface area contributed by atoms with E-state index < -0.39 is 0 Å². The summed E-state index contributed by atoms with van der Waals surface area (Å²) in [6.45, 7) is 4.94. The molecule has 2 aromatic carbocycles. The van der Waals surface area contributed by atoms with Crippen molar-refractivity contribution in [2.24, 2.45) is 0 Å². The summed E-state index contributed by atoms with van der Waals surface area (Å²) in [6.07, 6.45) is 7.96. The number of nitrogens with one attached hydrogen (secondary N) is 1. The van der Waals surface area contributed by atoms with Crippen molar-refractivity contribution in [1.82, 2.24) is 20.1 Å². The summed E-state index contributed by atoms with van der Waals surface area (Å²) in [6, 6.07) is 17.7. The first-order chi connectivity index (χ1) is 15.6. The van der Waals surface area contributed by atoms with E-state index >= 15 is 0 Å². The molecule has 32 heavy (non-hydrogen) atoms. The lowest BCUT2D eigenvalue weighted by atomic mass is 10.0. The minimum absolute atomic E-state index is 0.0804. The number of ether oxygens (including phenoxy) is 1. The quantitative estimate of drug-likeness (QED) is 0.452. The third kappa shape index (κ3) is 5.21. The van der Waals surface area contributed by atoms with Gasteiger partial charge in [-0.25, -0.2) is 4.68 Å². The Hall–Kier alpha value is -3.93. The van der Waals surface area contributed by atoms with Gasteiger partial charge in [-0.05, 0) is 73.4 Å². The number of aromatic nitrogens is 3. The van der Waals surface area contributed by atoms with Gasteiger partial charge >= 0.3 is 0 Å². The Morgan fingerprint density at radius 1 is 1.00 bits per heavy atom. The van der Waals surface area contributed by atoms with Gasteiger partial charge in [0, 0.05) is 42.5 Å². The molecule has 2 aromatic heterocycles. The van der Waals surface area contributed by atoms with Crippen LogP contribution in [-0.4, -0.2) is 27.2 Å². The Morgan fingerprint density at radius 2 is 1.78 bits per heavy atom. The minimum Gasteiger partial charge on any atom is -0.488 e. The average molecular weight is 427 g/mol. The van der Waals surface area contributed by atoms with Crippen molar-refractivity contribution in [3.05, 3.63) is 107 Å². The highest BCUT2D eigenvalue weighted by Gasteiger charge is 2.12. The molecule has 0 aliphatic heterocycles. The SMILES string of the molecule is Cc1cc(C(=O)NCCc2ccc(-n3cccn3)cc2)cc(C)c1OCc1cccnc1. The smallest absolute Gasteiger partial charge is 0.251 e. The van der Waals surface area contributed by atoms with Crippen LogP contribution in [0.3, 0.4) is 0 Å². The number of amides is 1. The van der Waals surface area contributed by atoms with Crippen LogP contribution in [0.4, 0.5) is 0 Å². The van der Waals surface area contributed by atoms with Gasteiger partial charge in [0.15, 0.2) is 0 Å².